The molecule has 0 heterocycles. The first-order valence-electron chi connectivity index (χ1n) is 11.9. The first-order valence-corrected chi connectivity index (χ1v) is 15.2. The van der Waals surface area contributed by atoms with Crippen molar-refractivity contribution >= 4 is 65.4 Å². The zero-order valence-corrected chi connectivity index (χ0v) is 23.6. The molecule has 0 saturated carbocycles. The summed E-state index contributed by atoms with van der Waals surface area (Å²) in [6.07, 6.45) is 0. The number of benzene rings is 5. The molecule has 214 valence electrons. The van der Waals surface area contributed by atoms with Crippen LogP contribution >= 0.6 is 11.6 Å². The molecule has 11 nitrogen and oxygen atoms in total. The maximum absolute atomic E-state index is 12.3. The number of fused-ring (bicyclic) bond motifs is 1. The summed E-state index contributed by atoms with van der Waals surface area (Å²) in [6, 6.07) is 24.4. The fraction of sp³-hybridized carbons (Fsp3) is 0. The summed E-state index contributed by atoms with van der Waals surface area (Å²) in [6.45, 7) is 0. The molecule has 0 radical (unpaired) electrons. The van der Waals surface area contributed by atoms with E-state index in [4.69, 9.17) is 16.3 Å². The zero-order valence-electron chi connectivity index (χ0n) is 21.2. The first kappa shape index (κ1) is 29.0. The van der Waals surface area contributed by atoms with Crippen LogP contribution < -0.4 is 10.1 Å². The molecule has 0 saturated heterocycles. The van der Waals surface area contributed by atoms with Crippen molar-refractivity contribution in [1.82, 2.24) is 0 Å². The molecule has 5 aromatic rings. The van der Waals surface area contributed by atoms with Crippen molar-refractivity contribution in [3.8, 4) is 17.2 Å². The molecule has 42 heavy (non-hydrogen) atoms. The van der Waals surface area contributed by atoms with Gasteiger partial charge in [0.05, 0.1) is 4.90 Å². The molecular weight excluding hydrogens is 606 g/mol. The summed E-state index contributed by atoms with van der Waals surface area (Å²) in [7, 11) is -9.25. The normalized spacial score (nSPS) is 12.1. The number of azo groups is 1. The Labute approximate surface area is 245 Å². The maximum atomic E-state index is 12.3. The Balaban J connectivity index is 1.56. The smallest absolute Gasteiger partial charge is 0.296 e. The monoisotopic (exact) mass is 625 g/mol. The molecule has 5 rings (SSSR count). The van der Waals surface area contributed by atoms with Gasteiger partial charge in [0.1, 0.15) is 22.0 Å². The average molecular weight is 626 g/mol. The maximum Gasteiger partial charge on any atom is 0.296 e. The molecule has 0 aliphatic carbocycles. The summed E-state index contributed by atoms with van der Waals surface area (Å²) in [5.74, 6) is -0.288. The fourth-order valence-electron chi connectivity index (χ4n) is 3.97. The summed E-state index contributed by atoms with van der Waals surface area (Å²) in [4.78, 5) is -1.01. The Hall–Kier alpha value is -4.53. The number of anilines is 2. The number of hydrogen-bond acceptors (Lipinski definition) is 9. The van der Waals surface area contributed by atoms with Gasteiger partial charge in [0.15, 0.2) is 11.5 Å². The highest BCUT2D eigenvalue weighted by molar-refractivity contribution is 7.86. The third kappa shape index (κ3) is 6.51. The Morgan fingerprint density at radius 2 is 1.45 bits per heavy atom. The minimum atomic E-state index is -4.85. The van der Waals surface area contributed by atoms with Gasteiger partial charge in [-0.25, -0.2) is 0 Å². The first-order chi connectivity index (χ1) is 19.9. The minimum Gasteiger partial charge on any atom is -0.505 e. The Kier molecular flexibility index (Phi) is 7.86. The van der Waals surface area contributed by atoms with E-state index in [1.807, 2.05) is 30.3 Å². The van der Waals surface area contributed by atoms with E-state index < -0.39 is 36.6 Å². The van der Waals surface area contributed by atoms with Crippen molar-refractivity contribution in [2.45, 2.75) is 9.79 Å². The van der Waals surface area contributed by atoms with Crippen LogP contribution in [0, 0.1) is 0 Å². The molecule has 0 bridgehead atoms. The highest BCUT2D eigenvalue weighted by Crippen LogP contribution is 2.43. The molecule has 0 fully saturated rings. The van der Waals surface area contributed by atoms with E-state index in [2.05, 4.69) is 15.5 Å². The Morgan fingerprint density at radius 3 is 2.12 bits per heavy atom. The highest BCUT2D eigenvalue weighted by Gasteiger charge is 2.22. The second kappa shape index (κ2) is 11.4. The average Bonchev–Trinajstić information content (AvgIpc) is 2.94. The quantitative estimate of drug-likeness (QED) is 0.0996. The lowest BCUT2D eigenvalue weighted by molar-refractivity contribution is 0.472. The standard InChI is InChI=1S/C28H20ClN3O8S2/c29-18-7-13-25(40-21-9-11-22(12-10-21)41(34,35)36)24(15-18)31-32-27-26(42(37,38)39)14-17-6-8-20(16-23(17)28(27)33)30-19-4-2-1-3-5-19/h1-16,30,33H,(H,34,35,36)(H,37,38,39). The molecule has 0 aromatic heterocycles. The third-order valence-electron chi connectivity index (χ3n) is 5.92. The van der Waals surface area contributed by atoms with E-state index >= 15 is 0 Å². The second-order valence-corrected chi connectivity index (χ2v) is 12.1. The lowest BCUT2D eigenvalue weighted by Gasteiger charge is -2.12. The zero-order chi connectivity index (χ0) is 30.1. The van der Waals surface area contributed by atoms with E-state index in [0.717, 1.165) is 23.9 Å². The van der Waals surface area contributed by atoms with E-state index in [0.29, 0.717) is 11.1 Å². The number of rotatable bonds is 8. The lowest BCUT2D eigenvalue weighted by Crippen LogP contribution is -1.99. The van der Waals surface area contributed by atoms with Crippen molar-refractivity contribution in [2.24, 2.45) is 10.2 Å². The molecule has 0 spiro atoms. The van der Waals surface area contributed by atoms with Gasteiger partial charge in [-0.05, 0) is 78.2 Å². The lowest BCUT2D eigenvalue weighted by atomic mass is 10.1. The third-order valence-corrected chi connectivity index (χ3v) is 7.89. The predicted molar refractivity (Wildman–Crippen MR) is 157 cm³/mol. The highest BCUT2D eigenvalue weighted by atomic mass is 35.5. The Bertz CT molecular complexity index is 2050. The number of para-hydroxylation sites is 1. The van der Waals surface area contributed by atoms with Crippen LogP contribution in [-0.4, -0.2) is 31.0 Å². The van der Waals surface area contributed by atoms with Crippen LogP contribution in [0.3, 0.4) is 0 Å². The van der Waals surface area contributed by atoms with Crippen molar-refractivity contribution in [2.75, 3.05) is 5.32 Å². The van der Waals surface area contributed by atoms with E-state index in [9.17, 15) is 31.0 Å². The number of halogens is 1. The van der Waals surface area contributed by atoms with Crippen LogP contribution in [0.1, 0.15) is 0 Å². The van der Waals surface area contributed by atoms with Gasteiger partial charge in [-0.2, -0.15) is 16.8 Å². The van der Waals surface area contributed by atoms with Gasteiger partial charge < -0.3 is 15.2 Å². The predicted octanol–water partition coefficient (Wildman–Crippen LogP) is 7.64. The molecule has 0 atom stereocenters. The second-order valence-electron chi connectivity index (χ2n) is 8.83. The van der Waals surface area contributed by atoms with Crippen molar-refractivity contribution < 1.29 is 35.8 Å². The van der Waals surface area contributed by atoms with Gasteiger partial charge in [-0.1, -0.05) is 35.9 Å². The van der Waals surface area contributed by atoms with Crippen molar-refractivity contribution in [3.63, 3.8) is 0 Å². The summed E-state index contributed by atoms with van der Waals surface area (Å²) in [5, 5.41) is 23.1. The van der Waals surface area contributed by atoms with Crippen LogP contribution in [0.5, 0.6) is 17.2 Å². The SMILES string of the molecule is O=S(=O)(O)c1ccc(Oc2ccc(Cl)cc2N=Nc2c(S(=O)(=O)O)cc3ccc(Nc4ccccc4)cc3c2O)cc1. The molecule has 0 unspecified atom stereocenters. The van der Waals surface area contributed by atoms with Crippen molar-refractivity contribution in [3.05, 3.63) is 102 Å². The number of aromatic hydroxyl groups is 1. The topological polar surface area (TPSA) is 175 Å². The molecular formula is C28H20ClN3O8S2. The number of phenols is 1. The molecule has 5 aromatic carbocycles. The summed E-state index contributed by atoms with van der Waals surface area (Å²) < 4.78 is 72.0. The van der Waals surface area contributed by atoms with E-state index in [1.165, 1.54) is 30.3 Å². The fourth-order valence-corrected chi connectivity index (χ4v) is 5.27. The number of hydrogen-bond donors (Lipinski definition) is 4. The Morgan fingerprint density at radius 1 is 0.738 bits per heavy atom. The molecule has 0 aliphatic heterocycles. The summed E-state index contributed by atoms with van der Waals surface area (Å²) >= 11 is 6.13. The number of nitrogens with one attached hydrogen (secondary N) is 1. The molecule has 0 aliphatic rings. The van der Waals surface area contributed by atoms with Crippen LogP contribution in [0.4, 0.5) is 22.7 Å². The van der Waals surface area contributed by atoms with Gasteiger partial charge in [0.2, 0.25) is 0 Å². The number of ether oxygens (including phenoxy) is 1. The van der Waals surface area contributed by atoms with Crippen LogP contribution in [-0.2, 0) is 20.2 Å². The van der Waals surface area contributed by atoms with Crippen molar-refractivity contribution in [1.29, 1.82) is 0 Å². The van der Waals surface area contributed by atoms with E-state index in [-0.39, 0.29) is 32.5 Å². The molecule has 4 N–H and O–H groups in total. The minimum absolute atomic E-state index is 0.0154. The van der Waals surface area contributed by atoms with Crippen LogP contribution in [0.2, 0.25) is 5.02 Å². The number of nitrogens with zero attached hydrogens (tertiary/aromatic N) is 2. The summed E-state index contributed by atoms with van der Waals surface area (Å²) in [5.41, 5.74) is 0.871. The van der Waals surface area contributed by atoms with Crippen LogP contribution in [0.25, 0.3) is 10.8 Å². The van der Waals surface area contributed by atoms with E-state index in [1.54, 1.807) is 18.2 Å². The van der Waals surface area contributed by atoms with Gasteiger partial charge >= 0.3 is 0 Å². The van der Waals surface area contributed by atoms with Gasteiger partial charge in [-0.3, -0.25) is 9.11 Å². The van der Waals surface area contributed by atoms with Gasteiger partial charge in [0.25, 0.3) is 20.2 Å². The number of phenolic OH excluding ortho intramolecular Hbond substituents is 1. The van der Waals surface area contributed by atoms with Gasteiger partial charge in [-0.15, -0.1) is 10.2 Å². The van der Waals surface area contributed by atoms with Gasteiger partial charge in [0, 0.05) is 21.8 Å². The molecule has 0 amide bonds. The molecule has 14 heteroatoms. The largest absolute Gasteiger partial charge is 0.505 e. The van der Waals surface area contributed by atoms with Crippen LogP contribution in [0.15, 0.2) is 117 Å².